The standard InChI is InChI=1S/C12H18N2O.CH4/c1-2-15-12-9-11(5-8-14-12)10-3-6-13-7-4-10;/h5,8-10,13H,2-4,6-7H2,1H3;1H4. The van der Waals surface area contributed by atoms with E-state index in [4.69, 9.17) is 4.74 Å². The lowest BCUT2D eigenvalue weighted by Crippen LogP contribution is -2.26. The van der Waals surface area contributed by atoms with Crippen LogP contribution in [0.15, 0.2) is 18.3 Å². The van der Waals surface area contributed by atoms with Crippen molar-refractivity contribution in [2.45, 2.75) is 33.1 Å². The van der Waals surface area contributed by atoms with E-state index in [2.05, 4.69) is 22.4 Å². The Morgan fingerprint density at radius 2 is 2.19 bits per heavy atom. The predicted molar refractivity (Wildman–Crippen MR) is 67.0 cm³/mol. The SMILES string of the molecule is C.CCOc1cc(C2CCNCC2)ccn1. The molecule has 2 rings (SSSR count). The molecule has 0 unspecified atom stereocenters. The lowest BCUT2D eigenvalue weighted by molar-refractivity contribution is 0.325. The first-order valence-electron chi connectivity index (χ1n) is 5.69. The van der Waals surface area contributed by atoms with Crippen molar-refractivity contribution in [3.05, 3.63) is 23.9 Å². The van der Waals surface area contributed by atoms with Gasteiger partial charge in [0.05, 0.1) is 6.61 Å². The third-order valence-corrected chi connectivity index (χ3v) is 2.86. The van der Waals surface area contributed by atoms with Crippen LogP contribution < -0.4 is 10.1 Å². The number of ether oxygens (including phenoxy) is 1. The van der Waals surface area contributed by atoms with Gasteiger partial charge < -0.3 is 10.1 Å². The number of pyridine rings is 1. The van der Waals surface area contributed by atoms with Crippen molar-refractivity contribution in [2.75, 3.05) is 19.7 Å². The molecular weight excluding hydrogens is 200 g/mol. The van der Waals surface area contributed by atoms with Crippen molar-refractivity contribution < 1.29 is 4.74 Å². The molecule has 0 spiro atoms. The Balaban J connectivity index is 0.00000128. The summed E-state index contributed by atoms with van der Waals surface area (Å²) in [6.45, 7) is 4.91. The van der Waals surface area contributed by atoms with Crippen LogP contribution in [0.1, 0.15) is 38.7 Å². The van der Waals surface area contributed by atoms with Crippen LogP contribution in [-0.2, 0) is 0 Å². The summed E-state index contributed by atoms with van der Waals surface area (Å²) in [6.07, 6.45) is 4.29. The fraction of sp³-hybridized carbons (Fsp3) is 0.615. The monoisotopic (exact) mass is 222 g/mol. The van der Waals surface area contributed by atoms with Crippen LogP contribution in [0, 0.1) is 0 Å². The van der Waals surface area contributed by atoms with Crippen LogP contribution in [0.2, 0.25) is 0 Å². The average molecular weight is 222 g/mol. The molecule has 90 valence electrons. The van der Waals surface area contributed by atoms with Crippen molar-refractivity contribution in [3.8, 4) is 5.88 Å². The third-order valence-electron chi connectivity index (χ3n) is 2.86. The Hall–Kier alpha value is -1.09. The number of aromatic nitrogens is 1. The largest absolute Gasteiger partial charge is 0.478 e. The molecule has 0 bridgehead atoms. The zero-order chi connectivity index (χ0) is 10.5. The maximum atomic E-state index is 5.41. The van der Waals surface area contributed by atoms with Gasteiger partial charge >= 0.3 is 0 Å². The summed E-state index contributed by atoms with van der Waals surface area (Å²) in [7, 11) is 0. The van der Waals surface area contributed by atoms with Gasteiger partial charge in [0.2, 0.25) is 5.88 Å². The normalized spacial score (nSPS) is 16.6. The second-order valence-electron chi connectivity index (χ2n) is 3.88. The quantitative estimate of drug-likeness (QED) is 0.853. The average Bonchev–Trinajstić information content (AvgIpc) is 2.31. The van der Waals surface area contributed by atoms with Crippen molar-refractivity contribution in [2.24, 2.45) is 0 Å². The molecule has 1 aromatic rings. The fourth-order valence-corrected chi connectivity index (χ4v) is 2.06. The summed E-state index contributed by atoms with van der Waals surface area (Å²) in [6, 6.07) is 4.19. The van der Waals surface area contributed by atoms with E-state index in [1.807, 2.05) is 13.1 Å². The molecule has 0 radical (unpaired) electrons. The summed E-state index contributed by atoms with van der Waals surface area (Å²) in [4.78, 5) is 4.19. The Morgan fingerprint density at radius 3 is 2.88 bits per heavy atom. The lowest BCUT2D eigenvalue weighted by atomic mass is 9.91. The molecule has 0 atom stereocenters. The molecule has 1 N–H and O–H groups in total. The number of nitrogens with one attached hydrogen (secondary N) is 1. The third kappa shape index (κ3) is 3.20. The fourth-order valence-electron chi connectivity index (χ4n) is 2.06. The van der Waals surface area contributed by atoms with Gasteiger partial charge in [-0.25, -0.2) is 4.98 Å². The highest BCUT2D eigenvalue weighted by molar-refractivity contribution is 5.24. The van der Waals surface area contributed by atoms with E-state index < -0.39 is 0 Å². The number of hydrogen-bond acceptors (Lipinski definition) is 3. The van der Waals surface area contributed by atoms with E-state index in [1.165, 1.54) is 18.4 Å². The van der Waals surface area contributed by atoms with E-state index in [-0.39, 0.29) is 7.43 Å². The van der Waals surface area contributed by atoms with Crippen LogP contribution >= 0.6 is 0 Å². The molecule has 0 aromatic carbocycles. The van der Waals surface area contributed by atoms with Gasteiger partial charge in [0.15, 0.2) is 0 Å². The molecule has 1 aliphatic heterocycles. The molecule has 0 saturated carbocycles. The van der Waals surface area contributed by atoms with Crippen molar-refractivity contribution in [1.29, 1.82) is 0 Å². The van der Waals surface area contributed by atoms with Crippen molar-refractivity contribution in [1.82, 2.24) is 10.3 Å². The van der Waals surface area contributed by atoms with Gasteiger partial charge in [0.25, 0.3) is 0 Å². The van der Waals surface area contributed by atoms with Crippen LogP contribution in [0.3, 0.4) is 0 Å². The van der Waals surface area contributed by atoms with E-state index in [0.29, 0.717) is 12.5 Å². The van der Waals surface area contributed by atoms with Gasteiger partial charge in [0, 0.05) is 12.3 Å². The minimum absolute atomic E-state index is 0. The number of nitrogens with zero attached hydrogens (tertiary/aromatic N) is 1. The van der Waals surface area contributed by atoms with Gasteiger partial charge in [-0.05, 0) is 50.4 Å². The first-order valence-corrected chi connectivity index (χ1v) is 5.69. The number of piperidine rings is 1. The second-order valence-corrected chi connectivity index (χ2v) is 3.88. The van der Waals surface area contributed by atoms with Crippen molar-refractivity contribution >= 4 is 0 Å². The Morgan fingerprint density at radius 1 is 1.44 bits per heavy atom. The maximum absolute atomic E-state index is 5.41. The number of rotatable bonds is 3. The molecule has 1 fully saturated rings. The van der Waals surface area contributed by atoms with Gasteiger partial charge in [-0.15, -0.1) is 0 Å². The van der Waals surface area contributed by atoms with Gasteiger partial charge in [-0.3, -0.25) is 0 Å². The molecule has 2 heterocycles. The maximum Gasteiger partial charge on any atom is 0.213 e. The zero-order valence-electron chi connectivity index (χ0n) is 9.20. The zero-order valence-corrected chi connectivity index (χ0v) is 9.20. The van der Waals surface area contributed by atoms with Crippen LogP contribution in [0.25, 0.3) is 0 Å². The summed E-state index contributed by atoms with van der Waals surface area (Å²) < 4.78 is 5.41. The Kier molecular flexibility index (Phi) is 5.26. The Labute approximate surface area is 98.2 Å². The molecular formula is C13H22N2O. The summed E-state index contributed by atoms with van der Waals surface area (Å²) in [5, 5.41) is 3.38. The highest BCUT2D eigenvalue weighted by Crippen LogP contribution is 2.26. The Bertz CT molecular complexity index is 309. The summed E-state index contributed by atoms with van der Waals surface area (Å²) in [5.41, 5.74) is 1.37. The molecule has 1 aromatic heterocycles. The van der Waals surface area contributed by atoms with E-state index >= 15 is 0 Å². The smallest absolute Gasteiger partial charge is 0.213 e. The first kappa shape index (κ1) is 13.0. The highest BCUT2D eigenvalue weighted by atomic mass is 16.5. The van der Waals surface area contributed by atoms with Crippen LogP contribution in [-0.4, -0.2) is 24.7 Å². The highest BCUT2D eigenvalue weighted by Gasteiger charge is 2.15. The first-order chi connectivity index (χ1) is 7.40. The van der Waals surface area contributed by atoms with Gasteiger partial charge in [-0.1, -0.05) is 7.43 Å². The van der Waals surface area contributed by atoms with Crippen LogP contribution in [0.4, 0.5) is 0 Å². The predicted octanol–water partition coefficient (Wildman–Crippen LogP) is 2.58. The molecule has 3 nitrogen and oxygen atoms in total. The van der Waals surface area contributed by atoms with Crippen LogP contribution in [0.5, 0.6) is 5.88 Å². The van der Waals surface area contributed by atoms with E-state index in [0.717, 1.165) is 19.0 Å². The van der Waals surface area contributed by atoms with E-state index in [9.17, 15) is 0 Å². The topological polar surface area (TPSA) is 34.1 Å². The molecule has 1 aliphatic rings. The van der Waals surface area contributed by atoms with Gasteiger partial charge in [0.1, 0.15) is 0 Å². The molecule has 3 heteroatoms. The second kappa shape index (κ2) is 6.48. The van der Waals surface area contributed by atoms with E-state index in [1.54, 1.807) is 0 Å². The minimum Gasteiger partial charge on any atom is -0.478 e. The molecule has 1 saturated heterocycles. The summed E-state index contributed by atoms with van der Waals surface area (Å²) >= 11 is 0. The minimum atomic E-state index is 0. The van der Waals surface area contributed by atoms with Crippen molar-refractivity contribution in [3.63, 3.8) is 0 Å². The summed E-state index contributed by atoms with van der Waals surface area (Å²) in [5.74, 6) is 1.43. The van der Waals surface area contributed by atoms with Gasteiger partial charge in [-0.2, -0.15) is 0 Å². The molecule has 0 amide bonds. The molecule has 0 aliphatic carbocycles. The molecule has 16 heavy (non-hydrogen) atoms. The number of hydrogen-bond donors (Lipinski definition) is 1. The lowest BCUT2D eigenvalue weighted by Gasteiger charge is -2.23.